The van der Waals surface area contributed by atoms with Crippen LogP contribution in [0.1, 0.15) is 43.0 Å². The van der Waals surface area contributed by atoms with Gasteiger partial charge in [-0.05, 0) is 43.5 Å². The van der Waals surface area contributed by atoms with Crippen LogP contribution in [-0.4, -0.2) is 11.2 Å². The van der Waals surface area contributed by atoms with Crippen molar-refractivity contribution in [3.05, 3.63) is 77.9 Å². The maximum atomic E-state index is 6.41. The van der Waals surface area contributed by atoms with Gasteiger partial charge in [-0.15, -0.1) is 0 Å². The van der Waals surface area contributed by atoms with Gasteiger partial charge in [0, 0.05) is 52.1 Å². The Morgan fingerprint density at radius 1 is 0.966 bits per heavy atom. The van der Waals surface area contributed by atoms with Gasteiger partial charge in [0.2, 0.25) is 0 Å². The van der Waals surface area contributed by atoms with E-state index in [4.69, 9.17) is 4.74 Å². The van der Waals surface area contributed by atoms with Crippen LogP contribution in [0.3, 0.4) is 0 Å². The molecule has 3 heterocycles. The average Bonchev–Trinajstić information content (AvgIpc) is 3.10. The number of hydrogen-bond acceptors (Lipinski definition) is 2. The van der Waals surface area contributed by atoms with Crippen LogP contribution in [0.2, 0.25) is 0 Å². The third kappa shape index (κ3) is 2.54. The van der Waals surface area contributed by atoms with Crippen LogP contribution in [0.15, 0.2) is 66.7 Å². The number of nitrogens with one attached hydrogen (secondary N) is 1. The van der Waals surface area contributed by atoms with Crippen molar-refractivity contribution in [1.29, 1.82) is 0 Å². The van der Waals surface area contributed by atoms with Crippen LogP contribution in [0.25, 0.3) is 21.8 Å². The van der Waals surface area contributed by atoms with Crippen molar-refractivity contribution in [2.24, 2.45) is 5.92 Å². The molecule has 3 heteroatoms. The fourth-order valence-electron chi connectivity index (χ4n) is 5.54. The first-order valence-corrected chi connectivity index (χ1v) is 10.8. The molecule has 2 aliphatic heterocycles. The molecule has 1 saturated heterocycles. The summed E-state index contributed by atoms with van der Waals surface area (Å²) in [6.45, 7) is 4.06. The summed E-state index contributed by atoms with van der Waals surface area (Å²) in [5.74, 6) is 0.468. The van der Waals surface area contributed by atoms with Gasteiger partial charge in [0.25, 0.3) is 0 Å². The smallest absolute Gasteiger partial charge is 0.0896 e. The number of rotatable bonds is 2. The van der Waals surface area contributed by atoms with E-state index in [9.17, 15) is 0 Å². The van der Waals surface area contributed by atoms with Crippen molar-refractivity contribution < 1.29 is 4.74 Å². The lowest BCUT2D eigenvalue weighted by Gasteiger charge is -2.43. The highest BCUT2D eigenvalue weighted by molar-refractivity contribution is 6.09. The zero-order valence-corrected chi connectivity index (χ0v) is 16.8. The molecule has 0 aliphatic carbocycles. The third-order valence-electron chi connectivity index (χ3n) is 6.83. The topological polar surface area (TPSA) is 26.2 Å². The zero-order chi connectivity index (χ0) is 19.4. The lowest BCUT2D eigenvalue weighted by atomic mass is 9.77. The highest BCUT2D eigenvalue weighted by Crippen LogP contribution is 2.50. The van der Waals surface area contributed by atoms with Crippen LogP contribution < -0.4 is 5.32 Å². The largest absolute Gasteiger partial charge is 0.378 e. The summed E-state index contributed by atoms with van der Waals surface area (Å²) in [7, 11) is 0. The summed E-state index contributed by atoms with van der Waals surface area (Å²) >= 11 is 0. The molecule has 3 nitrogen and oxygen atoms in total. The highest BCUT2D eigenvalue weighted by Gasteiger charge is 2.40. The minimum absolute atomic E-state index is 0.165. The predicted octanol–water partition coefficient (Wildman–Crippen LogP) is 6.45. The molecule has 0 unspecified atom stereocenters. The summed E-state index contributed by atoms with van der Waals surface area (Å²) in [5, 5.41) is 6.57. The Labute approximate surface area is 171 Å². The molecule has 146 valence electrons. The molecule has 1 N–H and O–H groups in total. The van der Waals surface area contributed by atoms with Crippen molar-refractivity contribution in [2.75, 3.05) is 11.9 Å². The molecule has 0 radical (unpaired) electrons. The Bertz CT molecular complexity index is 1190. The summed E-state index contributed by atoms with van der Waals surface area (Å²) in [6, 6.07) is 24.7. The van der Waals surface area contributed by atoms with Crippen LogP contribution >= 0.6 is 0 Å². The molecule has 4 aromatic rings. The number of nitrogens with zero attached hydrogens (tertiary/aromatic N) is 1. The first kappa shape index (κ1) is 17.1. The molecule has 0 amide bonds. The van der Waals surface area contributed by atoms with Crippen molar-refractivity contribution in [3.63, 3.8) is 0 Å². The number of para-hydroxylation sites is 1. The maximum absolute atomic E-state index is 6.41. The summed E-state index contributed by atoms with van der Waals surface area (Å²) in [6.07, 6.45) is 2.50. The van der Waals surface area contributed by atoms with E-state index in [0.717, 1.165) is 19.6 Å². The Balaban J connectivity index is 1.58. The van der Waals surface area contributed by atoms with E-state index in [1.165, 1.54) is 45.0 Å². The zero-order valence-electron chi connectivity index (χ0n) is 16.8. The molecule has 6 rings (SSSR count). The minimum atomic E-state index is 0.165. The number of ether oxygens (including phenoxy) is 1. The van der Waals surface area contributed by atoms with Gasteiger partial charge in [-0.1, -0.05) is 48.5 Å². The average molecular weight is 383 g/mol. The van der Waals surface area contributed by atoms with Gasteiger partial charge in [0.05, 0.1) is 12.1 Å². The lowest BCUT2D eigenvalue weighted by Crippen LogP contribution is -2.36. The van der Waals surface area contributed by atoms with Gasteiger partial charge in [-0.25, -0.2) is 0 Å². The monoisotopic (exact) mass is 382 g/mol. The third-order valence-corrected chi connectivity index (χ3v) is 6.83. The van der Waals surface area contributed by atoms with E-state index >= 15 is 0 Å². The quantitative estimate of drug-likeness (QED) is 0.431. The normalized spacial score (nSPS) is 23.6. The number of aryl methyl sites for hydroxylation is 1. The molecular formula is C26H26N2O. The summed E-state index contributed by atoms with van der Waals surface area (Å²) < 4.78 is 8.84. The molecule has 1 fully saturated rings. The second-order valence-electron chi connectivity index (χ2n) is 8.35. The highest BCUT2D eigenvalue weighted by atomic mass is 16.5. The van der Waals surface area contributed by atoms with E-state index in [2.05, 4.69) is 83.5 Å². The standard InChI is InChI=1S/C26H26N2O/c1-2-28-23-13-7-6-11-18(23)20-15-22-21(16-24(20)28)26-19(12-8-14-29-26)25(27-22)17-9-4-3-5-10-17/h3-7,9-11,13,15-16,19,25-27H,2,8,12,14H2,1H3/t19-,25+,26-/m0/s1. The molecule has 0 saturated carbocycles. The first-order valence-electron chi connectivity index (χ1n) is 10.8. The van der Waals surface area contributed by atoms with Crippen molar-refractivity contribution in [2.45, 2.75) is 38.5 Å². The predicted molar refractivity (Wildman–Crippen MR) is 119 cm³/mol. The van der Waals surface area contributed by atoms with Crippen LogP contribution in [-0.2, 0) is 11.3 Å². The van der Waals surface area contributed by atoms with Gasteiger partial charge in [-0.3, -0.25) is 0 Å². The van der Waals surface area contributed by atoms with Gasteiger partial charge in [-0.2, -0.15) is 0 Å². The second-order valence-corrected chi connectivity index (χ2v) is 8.35. The van der Waals surface area contributed by atoms with Crippen molar-refractivity contribution in [3.8, 4) is 0 Å². The number of benzene rings is 3. The molecule has 2 aliphatic rings. The molecule has 3 aromatic carbocycles. The van der Waals surface area contributed by atoms with Gasteiger partial charge in [0.1, 0.15) is 0 Å². The van der Waals surface area contributed by atoms with Crippen molar-refractivity contribution >= 4 is 27.5 Å². The van der Waals surface area contributed by atoms with E-state index in [1.54, 1.807) is 0 Å². The number of anilines is 1. The Hall–Kier alpha value is -2.78. The van der Waals surface area contributed by atoms with Crippen molar-refractivity contribution in [1.82, 2.24) is 4.57 Å². The van der Waals surface area contributed by atoms with Gasteiger partial charge < -0.3 is 14.6 Å². The van der Waals surface area contributed by atoms with Crippen LogP contribution in [0.4, 0.5) is 5.69 Å². The van der Waals surface area contributed by atoms with E-state index in [-0.39, 0.29) is 6.10 Å². The molecule has 1 aromatic heterocycles. The minimum Gasteiger partial charge on any atom is -0.378 e. The maximum Gasteiger partial charge on any atom is 0.0896 e. The number of hydrogen-bond donors (Lipinski definition) is 1. The molecule has 0 bridgehead atoms. The fourth-order valence-corrected chi connectivity index (χ4v) is 5.54. The van der Waals surface area contributed by atoms with Crippen LogP contribution in [0, 0.1) is 5.92 Å². The second kappa shape index (κ2) is 6.64. The molecule has 3 atom stereocenters. The molecular weight excluding hydrogens is 356 g/mol. The number of aromatic nitrogens is 1. The SMILES string of the molecule is CCn1c2ccccc2c2cc3c(cc21)[C@H]1OCCC[C@H]1[C@@H](c1ccccc1)N3. The van der Waals surface area contributed by atoms with Gasteiger partial charge in [0.15, 0.2) is 0 Å². The fraction of sp³-hybridized carbons (Fsp3) is 0.308. The summed E-state index contributed by atoms with van der Waals surface area (Å²) in [4.78, 5) is 0. The van der Waals surface area contributed by atoms with Crippen LogP contribution in [0.5, 0.6) is 0 Å². The number of fused-ring (bicyclic) bond motifs is 6. The molecule has 0 spiro atoms. The summed E-state index contributed by atoms with van der Waals surface area (Å²) in [5.41, 5.74) is 6.54. The Morgan fingerprint density at radius 3 is 2.66 bits per heavy atom. The van der Waals surface area contributed by atoms with E-state index < -0.39 is 0 Å². The van der Waals surface area contributed by atoms with Gasteiger partial charge >= 0.3 is 0 Å². The molecule has 29 heavy (non-hydrogen) atoms. The van der Waals surface area contributed by atoms with E-state index in [0.29, 0.717) is 12.0 Å². The lowest BCUT2D eigenvalue weighted by molar-refractivity contribution is -0.0380. The Kier molecular flexibility index (Phi) is 3.91. The Morgan fingerprint density at radius 2 is 1.79 bits per heavy atom. The first-order chi connectivity index (χ1) is 14.3. The van der Waals surface area contributed by atoms with E-state index in [1.807, 2.05) is 0 Å².